The lowest BCUT2D eigenvalue weighted by Crippen LogP contribution is -2.24. The first-order valence-corrected chi connectivity index (χ1v) is 9.71. The fraction of sp³-hybridized carbons (Fsp3) is 0.280. The average molecular weight is 408 g/mol. The van der Waals surface area contributed by atoms with Gasteiger partial charge in [0.05, 0.1) is 0 Å². The van der Waals surface area contributed by atoms with E-state index in [1.54, 1.807) is 0 Å². The summed E-state index contributed by atoms with van der Waals surface area (Å²) in [7, 11) is 0. The molecule has 0 fully saturated rings. The molecule has 0 aromatic heterocycles. The van der Waals surface area contributed by atoms with Crippen LogP contribution in [0.3, 0.4) is 0 Å². The van der Waals surface area contributed by atoms with Crippen LogP contribution in [0.2, 0.25) is 0 Å². The minimum absolute atomic E-state index is 0.00147. The third kappa shape index (κ3) is 6.42. The highest BCUT2D eigenvalue weighted by Crippen LogP contribution is 2.32. The number of aliphatic hydroxyl groups excluding tert-OH is 1. The van der Waals surface area contributed by atoms with Crippen molar-refractivity contribution in [1.29, 1.82) is 0 Å². The van der Waals surface area contributed by atoms with Gasteiger partial charge in [-0.05, 0) is 34.9 Å². The van der Waals surface area contributed by atoms with Crippen LogP contribution in [-0.4, -0.2) is 36.2 Å². The van der Waals surface area contributed by atoms with Crippen LogP contribution >= 0.6 is 0 Å². The second kappa shape index (κ2) is 10.6. The highest BCUT2D eigenvalue weighted by atomic mass is 16.5. The Morgan fingerprint density at radius 2 is 1.53 bits per heavy atom. The van der Waals surface area contributed by atoms with Crippen LogP contribution in [0.25, 0.3) is 0 Å². The minimum Gasteiger partial charge on any atom is -0.491 e. The average Bonchev–Trinajstić information content (AvgIpc) is 2.76. The molecule has 1 N–H and O–H groups in total. The highest BCUT2D eigenvalue weighted by molar-refractivity contribution is 5.90. The molecule has 0 saturated carbocycles. The second-order valence-corrected chi connectivity index (χ2v) is 7.49. The lowest BCUT2D eigenvalue weighted by Gasteiger charge is -2.26. The van der Waals surface area contributed by atoms with Crippen molar-refractivity contribution in [2.24, 2.45) is 0 Å². The van der Waals surface area contributed by atoms with Crippen molar-refractivity contribution < 1.29 is 24.2 Å². The highest BCUT2D eigenvalue weighted by Gasteiger charge is 2.23. The van der Waals surface area contributed by atoms with Gasteiger partial charge in [-0.25, -0.2) is 4.79 Å². The van der Waals surface area contributed by atoms with Gasteiger partial charge in [-0.3, -0.25) is 4.79 Å². The number of carbonyl (C=O) groups excluding carboxylic acids is 2. The van der Waals surface area contributed by atoms with Gasteiger partial charge in [-0.1, -0.05) is 63.4 Å². The molecule has 0 radical (unpaired) electrons. The molecule has 0 saturated heterocycles. The summed E-state index contributed by atoms with van der Waals surface area (Å²) in [5.41, 5.74) is 2.95. The zero-order valence-electron chi connectivity index (χ0n) is 17.5. The first-order valence-electron chi connectivity index (χ1n) is 9.71. The molecule has 158 valence electrons. The van der Waals surface area contributed by atoms with Gasteiger partial charge in [0.2, 0.25) is 0 Å². The first-order chi connectivity index (χ1) is 14.3. The molecule has 2 rings (SSSR count). The van der Waals surface area contributed by atoms with Gasteiger partial charge in [0.15, 0.2) is 5.78 Å². The molecule has 0 aliphatic carbocycles. The number of benzene rings is 2. The van der Waals surface area contributed by atoms with Crippen molar-refractivity contribution in [3.05, 3.63) is 90.5 Å². The predicted octanol–water partition coefficient (Wildman–Crippen LogP) is 3.78. The molecule has 2 aromatic carbocycles. The van der Waals surface area contributed by atoms with Gasteiger partial charge in [-0.2, -0.15) is 0 Å². The Balaban J connectivity index is 1.98. The van der Waals surface area contributed by atoms with Crippen LogP contribution in [0.5, 0.6) is 5.75 Å². The predicted molar refractivity (Wildman–Crippen MR) is 117 cm³/mol. The molecule has 0 aliphatic heterocycles. The summed E-state index contributed by atoms with van der Waals surface area (Å²) < 4.78 is 10.3. The van der Waals surface area contributed by atoms with Gasteiger partial charge in [0, 0.05) is 17.9 Å². The maximum atomic E-state index is 11.5. The van der Waals surface area contributed by atoms with E-state index in [1.807, 2.05) is 48.5 Å². The van der Waals surface area contributed by atoms with Crippen LogP contribution in [0.15, 0.2) is 73.8 Å². The zero-order valence-corrected chi connectivity index (χ0v) is 17.5. The summed E-state index contributed by atoms with van der Waals surface area (Å²) in [5.74, 6) is 0.0319. The van der Waals surface area contributed by atoms with Crippen LogP contribution < -0.4 is 4.74 Å². The normalized spacial score (nSPS) is 12.0. The van der Waals surface area contributed by atoms with Crippen LogP contribution in [0.1, 0.15) is 30.5 Å². The minimum atomic E-state index is -0.920. The third-order valence-corrected chi connectivity index (χ3v) is 4.88. The SMILES string of the molecule is C=CC(=O)Cc1ccc(C(C)(C)c2ccc(OCC(O)COC(=O)C=C)cc2)cc1. The summed E-state index contributed by atoms with van der Waals surface area (Å²) in [6.45, 7) is 10.9. The van der Waals surface area contributed by atoms with Crippen molar-refractivity contribution in [3.63, 3.8) is 0 Å². The van der Waals surface area contributed by atoms with Gasteiger partial charge >= 0.3 is 5.97 Å². The number of ether oxygens (including phenoxy) is 2. The van der Waals surface area contributed by atoms with E-state index in [4.69, 9.17) is 9.47 Å². The molecule has 1 atom stereocenters. The molecule has 0 spiro atoms. The van der Waals surface area contributed by atoms with Gasteiger partial charge < -0.3 is 14.6 Å². The Hall–Kier alpha value is -3.18. The fourth-order valence-corrected chi connectivity index (χ4v) is 2.92. The number of ketones is 1. The number of esters is 1. The van der Waals surface area contributed by atoms with E-state index in [9.17, 15) is 14.7 Å². The Bertz CT molecular complexity index is 879. The van der Waals surface area contributed by atoms with Crippen molar-refractivity contribution in [3.8, 4) is 5.75 Å². The summed E-state index contributed by atoms with van der Waals surface area (Å²) in [5, 5.41) is 9.82. The van der Waals surface area contributed by atoms with Crippen molar-refractivity contribution in [1.82, 2.24) is 0 Å². The Kier molecular flexibility index (Phi) is 8.13. The molecule has 1 unspecified atom stereocenters. The monoisotopic (exact) mass is 408 g/mol. The molecule has 2 aromatic rings. The quantitative estimate of drug-likeness (QED) is 0.453. The van der Waals surface area contributed by atoms with E-state index in [2.05, 4.69) is 27.0 Å². The van der Waals surface area contributed by atoms with Gasteiger partial charge in [0.1, 0.15) is 25.1 Å². The Labute approximate surface area is 177 Å². The number of rotatable bonds is 11. The number of hydrogen-bond acceptors (Lipinski definition) is 5. The number of carbonyl (C=O) groups is 2. The van der Waals surface area contributed by atoms with Crippen LogP contribution in [0, 0.1) is 0 Å². The Morgan fingerprint density at radius 1 is 0.967 bits per heavy atom. The van der Waals surface area contributed by atoms with Crippen molar-refractivity contribution in [2.45, 2.75) is 31.8 Å². The summed E-state index contributed by atoms with van der Waals surface area (Å²) in [6, 6.07) is 15.7. The van der Waals surface area contributed by atoms with Crippen LogP contribution in [-0.2, 0) is 26.2 Å². The molecule has 0 bridgehead atoms. The summed E-state index contributed by atoms with van der Waals surface area (Å²) >= 11 is 0. The summed E-state index contributed by atoms with van der Waals surface area (Å²) in [6.07, 6.45) is 1.82. The van der Waals surface area contributed by atoms with E-state index in [0.717, 1.165) is 22.8 Å². The first kappa shape index (κ1) is 23.1. The zero-order chi connectivity index (χ0) is 22.1. The second-order valence-electron chi connectivity index (χ2n) is 7.49. The maximum Gasteiger partial charge on any atom is 0.330 e. The number of aliphatic hydroxyl groups is 1. The molecule has 5 nitrogen and oxygen atoms in total. The molecule has 0 aliphatic rings. The van der Waals surface area contributed by atoms with E-state index >= 15 is 0 Å². The third-order valence-electron chi connectivity index (χ3n) is 4.88. The van der Waals surface area contributed by atoms with E-state index in [1.165, 1.54) is 6.08 Å². The molecule has 0 heterocycles. The van der Waals surface area contributed by atoms with Gasteiger partial charge in [0.25, 0.3) is 0 Å². The van der Waals surface area contributed by atoms with Crippen molar-refractivity contribution in [2.75, 3.05) is 13.2 Å². The van der Waals surface area contributed by atoms with E-state index in [-0.39, 0.29) is 24.4 Å². The molecular formula is C25H28O5. The number of hydrogen-bond donors (Lipinski definition) is 1. The molecule has 30 heavy (non-hydrogen) atoms. The molecular weight excluding hydrogens is 380 g/mol. The van der Waals surface area contributed by atoms with E-state index in [0.29, 0.717) is 12.2 Å². The summed E-state index contributed by atoms with van der Waals surface area (Å²) in [4.78, 5) is 22.5. The van der Waals surface area contributed by atoms with E-state index < -0.39 is 12.1 Å². The van der Waals surface area contributed by atoms with Gasteiger partial charge in [-0.15, -0.1) is 0 Å². The maximum absolute atomic E-state index is 11.5. The molecule has 0 amide bonds. The number of allylic oxidation sites excluding steroid dienone is 1. The fourth-order valence-electron chi connectivity index (χ4n) is 2.92. The lowest BCUT2D eigenvalue weighted by atomic mass is 9.78. The lowest BCUT2D eigenvalue weighted by molar-refractivity contribution is -0.141. The Morgan fingerprint density at radius 3 is 2.07 bits per heavy atom. The largest absolute Gasteiger partial charge is 0.491 e. The van der Waals surface area contributed by atoms with Crippen LogP contribution in [0.4, 0.5) is 0 Å². The molecule has 5 heteroatoms. The smallest absolute Gasteiger partial charge is 0.330 e. The standard InChI is InChI=1S/C25H28O5/c1-5-21(26)15-18-7-9-19(10-8-18)25(3,4)20-11-13-23(14-12-20)29-16-22(27)17-30-24(28)6-2/h5-14,22,27H,1-2,15-17H2,3-4H3. The topological polar surface area (TPSA) is 72.8 Å². The van der Waals surface area contributed by atoms with Crippen molar-refractivity contribution >= 4 is 11.8 Å².